The minimum Gasteiger partial charge on any atom is -0.480 e. The minimum absolute atomic E-state index is 0.214. The monoisotopic (exact) mass is 291 g/mol. The lowest BCUT2D eigenvalue weighted by atomic mass is 10.2. The van der Waals surface area contributed by atoms with Gasteiger partial charge in [0.15, 0.2) is 0 Å². The molecule has 114 valence electrons. The number of nitrogens with one attached hydrogen (secondary N) is 1. The maximum atomic E-state index is 11.8. The smallest absolute Gasteiger partial charge is 0.326 e. The van der Waals surface area contributed by atoms with Crippen molar-refractivity contribution in [2.75, 3.05) is 0 Å². The van der Waals surface area contributed by atoms with Crippen molar-refractivity contribution in [1.29, 1.82) is 0 Å². The maximum Gasteiger partial charge on any atom is 0.326 e. The Labute approximate surface area is 124 Å². The molecule has 0 saturated heterocycles. The van der Waals surface area contributed by atoms with Crippen LogP contribution in [0.25, 0.3) is 0 Å². The number of hydrogen-bond acceptors (Lipinski definition) is 3. The highest BCUT2D eigenvalue weighted by Crippen LogP contribution is 2.47. The summed E-state index contributed by atoms with van der Waals surface area (Å²) >= 11 is 0. The van der Waals surface area contributed by atoms with Crippen molar-refractivity contribution in [2.24, 2.45) is 5.92 Å². The van der Waals surface area contributed by atoms with E-state index in [0.717, 1.165) is 17.9 Å². The van der Waals surface area contributed by atoms with Crippen LogP contribution in [0.3, 0.4) is 0 Å². The number of furan rings is 1. The zero-order valence-electron chi connectivity index (χ0n) is 12.2. The molecule has 1 aromatic heterocycles. The van der Waals surface area contributed by atoms with E-state index in [1.807, 2.05) is 12.1 Å². The van der Waals surface area contributed by atoms with E-state index in [0.29, 0.717) is 18.3 Å². The molecular weight excluding hydrogens is 270 g/mol. The summed E-state index contributed by atoms with van der Waals surface area (Å²) in [6.07, 6.45) is 3.55. The fraction of sp³-hybridized carbons (Fsp3) is 0.500. The van der Waals surface area contributed by atoms with Crippen molar-refractivity contribution < 1.29 is 19.1 Å². The summed E-state index contributed by atoms with van der Waals surface area (Å²) in [5.74, 6) is 1.63. The first-order valence-corrected chi connectivity index (χ1v) is 7.23. The average Bonchev–Trinajstić information content (AvgIpc) is 2.99. The predicted octanol–water partition coefficient (Wildman–Crippen LogP) is 2.48. The third kappa shape index (κ3) is 4.21. The van der Waals surface area contributed by atoms with Crippen molar-refractivity contribution in [2.45, 2.75) is 44.6 Å². The molecule has 1 saturated carbocycles. The second-order valence-corrected chi connectivity index (χ2v) is 5.61. The lowest BCUT2D eigenvalue weighted by molar-refractivity contribution is -0.141. The van der Waals surface area contributed by atoms with Gasteiger partial charge in [0.05, 0.1) is 0 Å². The first-order valence-electron chi connectivity index (χ1n) is 7.23. The van der Waals surface area contributed by atoms with E-state index in [1.165, 1.54) is 6.08 Å². The minimum atomic E-state index is -1.05. The number of aryl methyl sites for hydroxylation is 1. The van der Waals surface area contributed by atoms with Crippen molar-refractivity contribution in [1.82, 2.24) is 5.32 Å². The second kappa shape index (κ2) is 6.61. The zero-order chi connectivity index (χ0) is 15.4. The number of carboxylic acid groups (broad SMARTS) is 1. The molecule has 21 heavy (non-hydrogen) atoms. The van der Waals surface area contributed by atoms with E-state index < -0.39 is 12.0 Å². The number of amides is 1. The lowest BCUT2D eigenvalue weighted by Crippen LogP contribution is -2.40. The SMILES string of the molecule is C=CCC(NC(=O)CCc1ccc(C2CC2C)o1)C(=O)O. The Balaban J connectivity index is 1.79. The Hall–Kier alpha value is -2.04. The summed E-state index contributed by atoms with van der Waals surface area (Å²) in [5, 5.41) is 11.4. The first kappa shape index (κ1) is 15.4. The quantitative estimate of drug-likeness (QED) is 0.721. The van der Waals surface area contributed by atoms with Gasteiger partial charge in [-0.05, 0) is 30.9 Å². The van der Waals surface area contributed by atoms with Crippen molar-refractivity contribution in [3.63, 3.8) is 0 Å². The molecule has 3 unspecified atom stereocenters. The Kier molecular flexibility index (Phi) is 4.83. The molecule has 0 aromatic carbocycles. The van der Waals surface area contributed by atoms with Gasteiger partial charge in [0.25, 0.3) is 0 Å². The normalized spacial score (nSPS) is 21.6. The zero-order valence-corrected chi connectivity index (χ0v) is 12.2. The topological polar surface area (TPSA) is 79.5 Å². The predicted molar refractivity (Wildman–Crippen MR) is 77.9 cm³/mol. The Morgan fingerprint density at radius 3 is 2.86 bits per heavy atom. The molecule has 1 aliphatic rings. The van der Waals surface area contributed by atoms with E-state index in [2.05, 4.69) is 18.8 Å². The maximum absolute atomic E-state index is 11.8. The summed E-state index contributed by atoms with van der Waals surface area (Å²) in [7, 11) is 0. The lowest BCUT2D eigenvalue weighted by Gasteiger charge is -2.11. The Morgan fingerprint density at radius 1 is 1.57 bits per heavy atom. The van der Waals surface area contributed by atoms with Crippen LogP contribution in [0, 0.1) is 5.92 Å². The van der Waals surface area contributed by atoms with Crippen LogP contribution in [-0.2, 0) is 16.0 Å². The molecule has 1 aromatic rings. The highest BCUT2D eigenvalue weighted by molar-refractivity contribution is 5.83. The third-order valence-electron chi connectivity index (χ3n) is 3.79. The molecule has 1 heterocycles. The number of carbonyl (C=O) groups excluding carboxylic acids is 1. The molecule has 1 aliphatic carbocycles. The van der Waals surface area contributed by atoms with E-state index in [9.17, 15) is 9.59 Å². The largest absolute Gasteiger partial charge is 0.480 e. The number of hydrogen-bond donors (Lipinski definition) is 2. The summed E-state index contributed by atoms with van der Waals surface area (Å²) in [6, 6.07) is 2.96. The molecule has 0 spiro atoms. The van der Waals surface area contributed by atoms with Crippen molar-refractivity contribution in [3.05, 3.63) is 36.3 Å². The Bertz CT molecular complexity index is 534. The van der Waals surface area contributed by atoms with Gasteiger partial charge in [0.1, 0.15) is 17.6 Å². The van der Waals surface area contributed by atoms with Crippen LogP contribution in [0.1, 0.15) is 43.6 Å². The molecular formula is C16H21NO4. The standard InChI is InChI=1S/C16H21NO4/c1-3-4-13(16(19)20)17-15(18)8-6-11-5-7-14(21-11)12-9-10(12)2/h3,5,7,10,12-13H,1,4,6,8-9H2,2H3,(H,17,18)(H,19,20). The van der Waals surface area contributed by atoms with E-state index in [4.69, 9.17) is 9.52 Å². The van der Waals surface area contributed by atoms with Crippen LogP contribution in [0.15, 0.2) is 29.2 Å². The van der Waals surface area contributed by atoms with Crippen LogP contribution in [0.4, 0.5) is 0 Å². The van der Waals surface area contributed by atoms with Crippen molar-refractivity contribution >= 4 is 11.9 Å². The number of carboxylic acids is 1. The van der Waals surface area contributed by atoms with Gasteiger partial charge in [0.2, 0.25) is 5.91 Å². The third-order valence-corrected chi connectivity index (χ3v) is 3.79. The summed E-state index contributed by atoms with van der Waals surface area (Å²) in [5.41, 5.74) is 0. The van der Waals surface area contributed by atoms with Gasteiger partial charge < -0.3 is 14.8 Å². The molecule has 1 amide bonds. The molecule has 3 atom stereocenters. The molecule has 0 aliphatic heterocycles. The number of rotatable bonds is 8. The van der Waals surface area contributed by atoms with Gasteiger partial charge >= 0.3 is 5.97 Å². The average molecular weight is 291 g/mol. The van der Waals surface area contributed by atoms with Crippen LogP contribution in [-0.4, -0.2) is 23.0 Å². The molecule has 5 heteroatoms. The summed E-state index contributed by atoms with van der Waals surface area (Å²) < 4.78 is 5.72. The van der Waals surface area contributed by atoms with Gasteiger partial charge in [-0.1, -0.05) is 13.0 Å². The van der Waals surface area contributed by atoms with Gasteiger partial charge in [-0.3, -0.25) is 4.79 Å². The van der Waals surface area contributed by atoms with Crippen LogP contribution < -0.4 is 5.32 Å². The highest BCUT2D eigenvalue weighted by atomic mass is 16.4. The molecule has 5 nitrogen and oxygen atoms in total. The molecule has 0 radical (unpaired) electrons. The number of aliphatic carboxylic acids is 1. The first-order chi connectivity index (χ1) is 10.0. The summed E-state index contributed by atoms with van der Waals surface area (Å²) in [6.45, 7) is 5.67. The molecule has 2 N–H and O–H groups in total. The fourth-order valence-electron chi connectivity index (χ4n) is 2.34. The Morgan fingerprint density at radius 2 is 2.29 bits per heavy atom. The van der Waals surface area contributed by atoms with Gasteiger partial charge in [-0.2, -0.15) is 0 Å². The highest BCUT2D eigenvalue weighted by Gasteiger charge is 2.36. The molecule has 2 rings (SSSR count). The van der Waals surface area contributed by atoms with E-state index in [1.54, 1.807) is 0 Å². The summed E-state index contributed by atoms with van der Waals surface area (Å²) in [4.78, 5) is 22.7. The van der Waals surface area contributed by atoms with E-state index >= 15 is 0 Å². The van der Waals surface area contributed by atoms with E-state index in [-0.39, 0.29) is 18.7 Å². The van der Waals surface area contributed by atoms with Crippen LogP contribution in [0.5, 0.6) is 0 Å². The number of carbonyl (C=O) groups is 2. The molecule has 0 bridgehead atoms. The molecule has 1 fully saturated rings. The van der Waals surface area contributed by atoms with Gasteiger partial charge in [-0.15, -0.1) is 6.58 Å². The van der Waals surface area contributed by atoms with Gasteiger partial charge in [0, 0.05) is 18.8 Å². The fourth-order valence-corrected chi connectivity index (χ4v) is 2.34. The van der Waals surface area contributed by atoms with Crippen LogP contribution >= 0.6 is 0 Å². The second-order valence-electron chi connectivity index (χ2n) is 5.61. The van der Waals surface area contributed by atoms with Crippen LogP contribution in [0.2, 0.25) is 0 Å². The van der Waals surface area contributed by atoms with Crippen molar-refractivity contribution in [3.8, 4) is 0 Å². The van der Waals surface area contributed by atoms with Gasteiger partial charge in [-0.25, -0.2) is 4.79 Å².